The Kier molecular flexibility index (Phi) is 8.04. The van der Waals surface area contributed by atoms with E-state index in [0.717, 1.165) is 25.1 Å². The number of amides is 2. The first kappa shape index (κ1) is 31.3. The van der Waals surface area contributed by atoms with Crippen molar-refractivity contribution in [2.75, 3.05) is 0 Å². The molecule has 0 aromatic carbocycles. The van der Waals surface area contributed by atoms with Crippen LogP contribution < -0.4 is 10.6 Å². The summed E-state index contributed by atoms with van der Waals surface area (Å²) in [5.74, 6) is -7.27. The summed E-state index contributed by atoms with van der Waals surface area (Å²) in [6.07, 6.45) is 0.162. The van der Waals surface area contributed by atoms with E-state index in [-0.39, 0.29) is 68.4 Å². The van der Waals surface area contributed by atoms with Gasteiger partial charge in [0.05, 0.1) is 30.2 Å². The summed E-state index contributed by atoms with van der Waals surface area (Å²) >= 11 is 0. The molecule has 3 aliphatic carbocycles. The number of rotatable bonds is 10. The quantitative estimate of drug-likeness (QED) is 0.272. The van der Waals surface area contributed by atoms with Crippen molar-refractivity contribution in [3.63, 3.8) is 0 Å². The molecule has 0 saturated heterocycles. The van der Waals surface area contributed by atoms with Crippen molar-refractivity contribution in [1.82, 2.24) is 35.0 Å². The van der Waals surface area contributed by atoms with E-state index >= 15 is 0 Å². The zero-order valence-corrected chi connectivity index (χ0v) is 24.0. The summed E-state index contributed by atoms with van der Waals surface area (Å²) in [4.78, 5) is 30.4. The van der Waals surface area contributed by atoms with E-state index in [9.17, 15) is 40.3 Å². The van der Waals surface area contributed by atoms with Crippen molar-refractivity contribution in [2.45, 2.75) is 94.4 Å². The van der Waals surface area contributed by atoms with Crippen molar-refractivity contribution in [1.29, 1.82) is 0 Å². The van der Waals surface area contributed by atoms with Crippen molar-refractivity contribution in [3.8, 4) is 0 Å². The van der Waals surface area contributed by atoms with E-state index in [2.05, 4.69) is 25.8 Å². The van der Waals surface area contributed by atoms with Crippen LogP contribution in [0, 0.1) is 17.8 Å². The van der Waals surface area contributed by atoms with Gasteiger partial charge in [0, 0.05) is 38.3 Å². The highest BCUT2D eigenvalue weighted by Gasteiger charge is 2.46. The number of hydrogen-bond donors (Lipinski definition) is 2. The topological polar surface area (TPSA) is 106 Å². The molecule has 3 aromatic rings. The van der Waals surface area contributed by atoms with Crippen LogP contribution in [0.2, 0.25) is 0 Å². The fraction of sp³-hybridized carbons (Fsp3) is 0.621. The Morgan fingerprint density at radius 2 is 1.67 bits per heavy atom. The highest BCUT2D eigenvalue weighted by atomic mass is 19.4. The molecule has 0 bridgehead atoms. The second-order valence-electron chi connectivity index (χ2n) is 12.6. The van der Waals surface area contributed by atoms with E-state index in [0.29, 0.717) is 21.6 Å². The third kappa shape index (κ3) is 7.57. The molecule has 16 heteroatoms. The van der Waals surface area contributed by atoms with E-state index in [1.165, 1.54) is 4.52 Å². The number of carbonyl (C=O) groups excluding carboxylic acids is 2. The fourth-order valence-corrected chi connectivity index (χ4v) is 6.36. The lowest BCUT2D eigenvalue weighted by atomic mass is 9.79. The van der Waals surface area contributed by atoms with Gasteiger partial charge >= 0.3 is 6.18 Å². The molecule has 2 N–H and O–H groups in total. The average molecular weight is 644 g/mol. The molecule has 3 aliphatic rings. The molecule has 0 aliphatic heterocycles. The smallest absolute Gasteiger partial charge is 0.349 e. The van der Waals surface area contributed by atoms with Crippen LogP contribution in [-0.2, 0) is 11.3 Å². The normalized spacial score (nSPS) is 21.7. The molecule has 6 rings (SSSR count). The molecule has 45 heavy (non-hydrogen) atoms. The van der Waals surface area contributed by atoms with Crippen LogP contribution in [0.4, 0.5) is 30.7 Å². The third-order valence-corrected chi connectivity index (χ3v) is 8.83. The minimum Gasteiger partial charge on any atom is -0.349 e. The van der Waals surface area contributed by atoms with Gasteiger partial charge in [-0.05, 0) is 61.1 Å². The summed E-state index contributed by atoms with van der Waals surface area (Å²) in [5, 5.41) is 13.9. The number of nitrogens with zero attached hydrogens (tertiary/aromatic N) is 5. The molecule has 9 nitrogen and oxygen atoms in total. The van der Waals surface area contributed by atoms with Gasteiger partial charge in [-0.1, -0.05) is 0 Å². The molecule has 2 amide bonds. The summed E-state index contributed by atoms with van der Waals surface area (Å²) in [6.45, 7) is -1.37. The van der Waals surface area contributed by atoms with Crippen LogP contribution >= 0.6 is 0 Å². The predicted molar refractivity (Wildman–Crippen MR) is 144 cm³/mol. The molecule has 2 atom stereocenters. The number of hydrogen-bond acceptors (Lipinski definition) is 5. The Morgan fingerprint density at radius 1 is 0.978 bits per heavy atom. The first-order chi connectivity index (χ1) is 21.1. The highest BCUT2D eigenvalue weighted by molar-refractivity contribution is 5.92. The first-order valence-corrected chi connectivity index (χ1v) is 14.9. The van der Waals surface area contributed by atoms with Gasteiger partial charge in [-0.3, -0.25) is 14.3 Å². The molecule has 0 spiro atoms. The van der Waals surface area contributed by atoms with E-state index in [1.54, 1.807) is 18.5 Å². The predicted octanol–water partition coefficient (Wildman–Crippen LogP) is 5.79. The van der Waals surface area contributed by atoms with Gasteiger partial charge in [-0.25, -0.2) is 27.1 Å². The Balaban J connectivity index is 1.21. The summed E-state index contributed by atoms with van der Waals surface area (Å²) in [7, 11) is 0. The zero-order chi connectivity index (χ0) is 32.1. The third-order valence-electron chi connectivity index (χ3n) is 8.83. The van der Waals surface area contributed by atoms with Gasteiger partial charge in [0.25, 0.3) is 5.91 Å². The van der Waals surface area contributed by atoms with Crippen LogP contribution in [0.15, 0.2) is 30.7 Å². The first-order valence-electron chi connectivity index (χ1n) is 14.9. The van der Waals surface area contributed by atoms with Crippen LogP contribution in [-0.4, -0.2) is 54.2 Å². The number of fused-ring (bicyclic) bond motifs is 1. The second-order valence-corrected chi connectivity index (χ2v) is 12.6. The lowest BCUT2D eigenvalue weighted by Gasteiger charge is -2.34. The van der Waals surface area contributed by atoms with Crippen LogP contribution in [0.5, 0.6) is 0 Å². The maximum absolute atomic E-state index is 14.0. The van der Waals surface area contributed by atoms with Gasteiger partial charge in [-0.2, -0.15) is 23.4 Å². The fourth-order valence-electron chi connectivity index (χ4n) is 6.36. The highest BCUT2D eigenvalue weighted by Crippen LogP contribution is 2.45. The van der Waals surface area contributed by atoms with Gasteiger partial charge < -0.3 is 10.6 Å². The van der Waals surface area contributed by atoms with E-state index in [4.69, 9.17) is 0 Å². The minimum absolute atomic E-state index is 0.0122. The zero-order valence-electron chi connectivity index (χ0n) is 24.0. The molecular weight excluding hydrogens is 611 g/mol. The Bertz CT molecular complexity index is 1550. The molecule has 3 fully saturated rings. The SMILES string of the molecule is O=C(CC1CC(F)(F)C1)NC(c1cnn2cc([C@@H](NC(=O)c3ccn(CC(F)(F)F)n3)C3CCC(F)(F)CC3)nc2c1)C1CC1. The molecule has 3 heterocycles. The van der Waals surface area contributed by atoms with Crippen LogP contribution in [0.3, 0.4) is 0 Å². The Hall–Kier alpha value is -3.72. The van der Waals surface area contributed by atoms with E-state index in [1.807, 2.05) is 0 Å². The maximum atomic E-state index is 14.0. The van der Waals surface area contributed by atoms with Crippen molar-refractivity contribution in [3.05, 3.63) is 47.7 Å². The van der Waals surface area contributed by atoms with Crippen LogP contribution in [0.1, 0.15) is 91.6 Å². The summed E-state index contributed by atoms with van der Waals surface area (Å²) in [5.41, 5.74) is 1.11. The van der Waals surface area contributed by atoms with Gasteiger partial charge in [0.1, 0.15) is 12.2 Å². The Labute approximate surface area is 252 Å². The largest absolute Gasteiger partial charge is 0.408 e. The maximum Gasteiger partial charge on any atom is 0.408 e. The number of alkyl halides is 7. The summed E-state index contributed by atoms with van der Waals surface area (Å²) in [6, 6.07) is 1.63. The van der Waals surface area contributed by atoms with Crippen molar-refractivity contribution >= 4 is 17.5 Å². The number of nitrogens with one attached hydrogen (secondary N) is 2. The number of halogens is 7. The van der Waals surface area contributed by atoms with Crippen LogP contribution in [0.25, 0.3) is 5.65 Å². The molecule has 244 valence electrons. The molecule has 3 saturated carbocycles. The monoisotopic (exact) mass is 643 g/mol. The van der Waals surface area contributed by atoms with Gasteiger partial charge in [-0.15, -0.1) is 0 Å². The van der Waals surface area contributed by atoms with E-state index < -0.39 is 48.5 Å². The standard InChI is InChI=1S/C29H32F7N7O2/c30-27(31)6-3-18(4-7-27)25(40-26(45)20-5-8-42(41-20)15-29(34,35)36)21-14-43-22(38-21)10-19(13-37-43)24(17-1-2-17)39-23(44)9-16-11-28(32,33)12-16/h5,8,10,13-14,16-18,24-25H,1-4,6-7,9,11-12,15H2,(H,39,44)(H,40,45)/t24?,25-/m0/s1. The Morgan fingerprint density at radius 3 is 2.31 bits per heavy atom. The molecule has 0 radical (unpaired) electrons. The van der Waals surface area contributed by atoms with Crippen molar-refractivity contribution < 1.29 is 40.3 Å². The summed E-state index contributed by atoms with van der Waals surface area (Å²) < 4.78 is 94.9. The van der Waals surface area contributed by atoms with Gasteiger partial charge in [0.15, 0.2) is 5.65 Å². The number of aromatic nitrogens is 5. The number of carbonyl (C=O) groups is 2. The molecule has 1 unspecified atom stereocenters. The lowest BCUT2D eigenvalue weighted by Crippen LogP contribution is -2.39. The second kappa shape index (κ2) is 11.6. The molecule has 3 aromatic heterocycles. The lowest BCUT2D eigenvalue weighted by molar-refractivity contribution is -0.142. The average Bonchev–Trinajstić information content (AvgIpc) is 3.51. The molecular formula is C29H32F7N7O2. The van der Waals surface area contributed by atoms with Crippen molar-refractivity contribution in [2.24, 2.45) is 17.8 Å². The number of imidazole rings is 1. The minimum atomic E-state index is -4.53. The van der Waals surface area contributed by atoms with Gasteiger partial charge in [0.2, 0.25) is 17.8 Å².